The highest BCUT2D eigenvalue weighted by Gasteiger charge is 2.31. The molecule has 4 aliphatic rings. The molecule has 3 aromatic carbocycles. The van der Waals surface area contributed by atoms with E-state index >= 15 is 0 Å². The van der Waals surface area contributed by atoms with Gasteiger partial charge in [0.25, 0.3) is 5.91 Å². The SMILES string of the molecule is COC(=O)c1ccc2c(c1)NC(=O)/C2=C(\Nc1ccc2c(c1)CCN2C(=O)CN1CCN(C)CC1)c1ccc2c(c1)CCC2. The molecule has 0 unspecified atom stereocenters. The molecular formula is C35H37N5O4. The van der Waals surface area contributed by atoms with Gasteiger partial charge in [-0.3, -0.25) is 14.5 Å². The highest BCUT2D eigenvalue weighted by molar-refractivity contribution is 6.37. The van der Waals surface area contributed by atoms with Gasteiger partial charge in [0.15, 0.2) is 0 Å². The van der Waals surface area contributed by atoms with Crippen LogP contribution in [0.1, 0.15) is 44.6 Å². The van der Waals surface area contributed by atoms with E-state index in [2.05, 4.69) is 51.7 Å². The van der Waals surface area contributed by atoms with Crippen LogP contribution in [0.3, 0.4) is 0 Å². The number of hydrogen-bond donors (Lipinski definition) is 2. The second kappa shape index (κ2) is 11.6. The number of fused-ring (bicyclic) bond motifs is 3. The summed E-state index contributed by atoms with van der Waals surface area (Å²) >= 11 is 0. The predicted octanol–water partition coefficient (Wildman–Crippen LogP) is 4.03. The number of aryl methyl sites for hydroxylation is 2. The van der Waals surface area contributed by atoms with E-state index in [4.69, 9.17) is 4.74 Å². The number of carbonyl (C=O) groups excluding carboxylic acids is 3. The summed E-state index contributed by atoms with van der Waals surface area (Å²) in [5.74, 6) is -0.544. The lowest BCUT2D eigenvalue weighted by molar-refractivity contribution is -0.120. The van der Waals surface area contributed by atoms with Gasteiger partial charge in [-0.25, -0.2) is 4.79 Å². The number of ether oxygens (including phenoxy) is 1. The minimum Gasteiger partial charge on any atom is -0.465 e. The van der Waals surface area contributed by atoms with E-state index in [1.54, 1.807) is 18.2 Å². The van der Waals surface area contributed by atoms with Crippen LogP contribution in [-0.4, -0.2) is 81.0 Å². The fraction of sp³-hybridized carbons (Fsp3) is 0.343. The molecular weight excluding hydrogens is 554 g/mol. The van der Waals surface area contributed by atoms with Crippen LogP contribution in [0.15, 0.2) is 54.6 Å². The fourth-order valence-corrected chi connectivity index (χ4v) is 6.84. The first-order valence-electron chi connectivity index (χ1n) is 15.4. The zero-order valence-corrected chi connectivity index (χ0v) is 25.2. The third-order valence-corrected chi connectivity index (χ3v) is 9.32. The summed E-state index contributed by atoms with van der Waals surface area (Å²) in [6.45, 7) is 4.89. The van der Waals surface area contributed by atoms with Gasteiger partial charge in [-0.15, -0.1) is 0 Å². The predicted molar refractivity (Wildman–Crippen MR) is 172 cm³/mol. The van der Waals surface area contributed by atoms with Gasteiger partial charge in [-0.1, -0.05) is 18.2 Å². The van der Waals surface area contributed by atoms with Crippen LogP contribution in [0.5, 0.6) is 0 Å². The molecule has 1 fully saturated rings. The van der Waals surface area contributed by atoms with Gasteiger partial charge in [0.05, 0.1) is 36.2 Å². The molecule has 44 heavy (non-hydrogen) atoms. The van der Waals surface area contributed by atoms with E-state index in [-0.39, 0.29) is 11.8 Å². The number of likely N-dealkylation sites (N-methyl/N-ethyl adjacent to an activating group) is 1. The van der Waals surface area contributed by atoms with Crippen molar-refractivity contribution in [2.75, 3.05) is 69.0 Å². The van der Waals surface area contributed by atoms with Gasteiger partial charge >= 0.3 is 5.97 Å². The molecule has 0 saturated carbocycles. The van der Waals surface area contributed by atoms with Crippen molar-refractivity contribution in [3.63, 3.8) is 0 Å². The Labute approximate surface area is 257 Å². The quantitative estimate of drug-likeness (QED) is 0.330. The summed E-state index contributed by atoms with van der Waals surface area (Å²) < 4.78 is 4.88. The number of hydrogen-bond acceptors (Lipinski definition) is 7. The van der Waals surface area contributed by atoms with Gasteiger partial charge in [-0.2, -0.15) is 0 Å². The van der Waals surface area contributed by atoms with Crippen LogP contribution in [0.2, 0.25) is 0 Å². The first-order chi connectivity index (χ1) is 21.4. The molecule has 2 amide bonds. The number of anilines is 3. The minimum atomic E-state index is -0.453. The van der Waals surface area contributed by atoms with Crippen molar-refractivity contribution >= 4 is 46.1 Å². The van der Waals surface area contributed by atoms with Gasteiger partial charge in [0.1, 0.15) is 0 Å². The van der Waals surface area contributed by atoms with E-state index in [1.807, 2.05) is 17.0 Å². The topological polar surface area (TPSA) is 94.2 Å². The molecule has 9 nitrogen and oxygen atoms in total. The van der Waals surface area contributed by atoms with Gasteiger partial charge in [0.2, 0.25) is 5.91 Å². The van der Waals surface area contributed by atoms with Crippen LogP contribution in [0.25, 0.3) is 11.3 Å². The second-order valence-corrected chi connectivity index (χ2v) is 12.1. The van der Waals surface area contributed by atoms with Crippen molar-refractivity contribution < 1.29 is 19.1 Å². The zero-order valence-electron chi connectivity index (χ0n) is 25.2. The van der Waals surface area contributed by atoms with Crippen LogP contribution in [0, 0.1) is 0 Å². The summed E-state index contributed by atoms with van der Waals surface area (Å²) in [4.78, 5) is 45.4. The van der Waals surface area contributed by atoms with E-state index < -0.39 is 5.97 Å². The second-order valence-electron chi connectivity index (χ2n) is 12.1. The number of methoxy groups -OCH3 is 1. The van der Waals surface area contributed by atoms with Crippen molar-refractivity contribution in [2.24, 2.45) is 0 Å². The Hall–Kier alpha value is -4.47. The number of amides is 2. The molecule has 9 heteroatoms. The van der Waals surface area contributed by atoms with E-state index in [0.717, 1.165) is 79.9 Å². The Balaban J connectivity index is 1.21. The Morgan fingerprint density at radius 1 is 0.864 bits per heavy atom. The Bertz CT molecular complexity index is 1710. The van der Waals surface area contributed by atoms with Crippen molar-refractivity contribution in [2.45, 2.75) is 25.7 Å². The number of nitrogens with zero attached hydrogens (tertiary/aromatic N) is 3. The molecule has 1 saturated heterocycles. The zero-order chi connectivity index (χ0) is 30.4. The number of piperazine rings is 1. The first-order valence-corrected chi connectivity index (χ1v) is 15.4. The largest absolute Gasteiger partial charge is 0.465 e. The molecule has 0 spiro atoms. The van der Waals surface area contributed by atoms with E-state index in [0.29, 0.717) is 35.6 Å². The van der Waals surface area contributed by atoms with Crippen molar-refractivity contribution in [3.8, 4) is 0 Å². The number of benzene rings is 3. The highest BCUT2D eigenvalue weighted by Crippen LogP contribution is 2.40. The van der Waals surface area contributed by atoms with E-state index in [1.165, 1.54) is 18.2 Å². The standard InChI is InChI=1S/C35H37N5O4/c1-38-14-16-39(17-15-38)21-31(41)40-13-12-24-19-27(9-11-30(24)40)36-33(25-7-6-22-4-3-5-23(22)18-25)32-28-10-8-26(35(43)44-2)20-29(28)37-34(32)42/h6-11,18-20,36H,3-5,12-17,21H2,1-2H3,(H,37,42)/b33-32-. The van der Waals surface area contributed by atoms with Gasteiger partial charge in [-0.05, 0) is 91.4 Å². The molecule has 1 aliphatic carbocycles. The van der Waals surface area contributed by atoms with Gasteiger partial charge < -0.3 is 25.2 Å². The van der Waals surface area contributed by atoms with Crippen molar-refractivity contribution in [3.05, 3.63) is 88.0 Å². The summed E-state index contributed by atoms with van der Waals surface area (Å²) in [5, 5.41) is 6.56. The first kappa shape index (κ1) is 28.3. The highest BCUT2D eigenvalue weighted by atomic mass is 16.5. The molecule has 0 radical (unpaired) electrons. The third-order valence-electron chi connectivity index (χ3n) is 9.32. The number of rotatable bonds is 6. The number of nitrogens with one attached hydrogen (secondary N) is 2. The molecule has 3 heterocycles. The summed E-state index contributed by atoms with van der Waals surface area (Å²) in [6.07, 6.45) is 4.01. The molecule has 0 atom stereocenters. The van der Waals surface area contributed by atoms with Crippen molar-refractivity contribution in [1.29, 1.82) is 0 Å². The average Bonchev–Trinajstić information content (AvgIpc) is 3.76. The van der Waals surface area contributed by atoms with Crippen LogP contribution < -0.4 is 15.5 Å². The van der Waals surface area contributed by atoms with Crippen molar-refractivity contribution in [1.82, 2.24) is 9.80 Å². The molecule has 3 aliphatic heterocycles. The number of carbonyl (C=O) groups is 3. The molecule has 0 aromatic heterocycles. The Morgan fingerprint density at radius 2 is 1.66 bits per heavy atom. The van der Waals surface area contributed by atoms with E-state index in [9.17, 15) is 14.4 Å². The summed E-state index contributed by atoms with van der Waals surface area (Å²) in [5.41, 5.74) is 9.45. The molecule has 3 aromatic rings. The number of esters is 1. The monoisotopic (exact) mass is 591 g/mol. The summed E-state index contributed by atoms with van der Waals surface area (Å²) in [6, 6.07) is 17.7. The fourth-order valence-electron chi connectivity index (χ4n) is 6.84. The summed E-state index contributed by atoms with van der Waals surface area (Å²) in [7, 11) is 3.46. The lowest BCUT2D eigenvalue weighted by atomic mass is 9.96. The smallest absolute Gasteiger partial charge is 0.337 e. The maximum Gasteiger partial charge on any atom is 0.337 e. The molecule has 226 valence electrons. The van der Waals surface area contributed by atoms with Crippen LogP contribution in [-0.2, 0) is 33.6 Å². The molecule has 2 N–H and O–H groups in total. The Morgan fingerprint density at radius 3 is 2.48 bits per heavy atom. The lowest BCUT2D eigenvalue weighted by Gasteiger charge is -2.32. The third kappa shape index (κ3) is 5.27. The maximum atomic E-state index is 13.5. The minimum absolute atomic E-state index is 0.139. The molecule has 0 bridgehead atoms. The maximum absolute atomic E-state index is 13.5. The van der Waals surface area contributed by atoms with Crippen LogP contribution >= 0.6 is 0 Å². The average molecular weight is 592 g/mol. The van der Waals surface area contributed by atoms with Gasteiger partial charge in [0, 0.05) is 49.7 Å². The Kier molecular flexibility index (Phi) is 7.43. The van der Waals surface area contributed by atoms with Crippen LogP contribution in [0.4, 0.5) is 17.1 Å². The normalized spacial score (nSPS) is 18.9. The molecule has 7 rings (SSSR count). The lowest BCUT2D eigenvalue weighted by Crippen LogP contribution is -2.48.